The van der Waals surface area contributed by atoms with Crippen LogP contribution in [0.5, 0.6) is 0 Å². The highest BCUT2D eigenvalue weighted by Crippen LogP contribution is 2.23. The fourth-order valence-corrected chi connectivity index (χ4v) is 3.64. The van der Waals surface area contributed by atoms with Crippen LogP contribution in [0.1, 0.15) is 45.4 Å². The van der Waals surface area contributed by atoms with Crippen molar-refractivity contribution in [1.29, 1.82) is 0 Å². The number of hydrogen-bond donors (Lipinski definition) is 1. The van der Waals surface area contributed by atoms with E-state index in [2.05, 4.69) is 4.72 Å². The van der Waals surface area contributed by atoms with Crippen molar-refractivity contribution in [2.75, 3.05) is 6.54 Å². The predicted octanol–water partition coefficient (Wildman–Crippen LogP) is 2.26. The lowest BCUT2D eigenvalue weighted by Gasteiger charge is -2.22. The Morgan fingerprint density at radius 1 is 1.33 bits per heavy atom. The van der Waals surface area contributed by atoms with Gasteiger partial charge in [0.2, 0.25) is 10.0 Å². The summed E-state index contributed by atoms with van der Waals surface area (Å²) >= 11 is 5.88. The maximum absolute atomic E-state index is 11.8. The summed E-state index contributed by atoms with van der Waals surface area (Å²) in [6, 6.07) is 0. The van der Waals surface area contributed by atoms with Crippen LogP contribution in [-0.2, 0) is 10.0 Å². The molecule has 15 heavy (non-hydrogen) atoms. The lowest BCUT2D eigenvalue weighted by Crippen LogP contribution is -2.38. The number of hydrogen-bond acceptors (Lipinski definition) is 2. The van der Waals surface area contributed by atoms with Crippen LogP contribution in [0.3, 0.4) is 0 Å². The predicted molar refractivity (Wildman–Crippen MR) is 63.7 cm³/mol. The van der Waals surface area contributed by atoms with Crippen LogP contribution in [0.2, 0.25) is 0 Å². The molecule has 0 radical (unpaired) electrons. The van der Waals surface area contributed by atoms with E-state index in [1.54, 1.807) is 0 Å². The molecule has 90 valence electrons. The van der Waals surface area contributed by atoms with Gasteiger partial charge in [-0.15, -0.1) is 11.6 Å². The Kier molecular flexibility index (Phi) is 5.36. The number of halogens is 1. The highest BCUT2D eigenvalue weighted by molar-refractivity contribution is 7.90. The second kappa shape index (κ2) is 6.06. The molecule has 0 amide bonds. The summed E-state index contributed by atoms with van der Waals surface area (Å²) in [5.74, 6) is 0. The number of sulfonamides is 1. The minimum absolute atomic E-state index is 0.0941. The first kappa shape index (κ1) is 13.3. The number of rotatable bonds is 5. The Labute approximate surface area is 97.6 Å². The molecule has 1 atom stereocenters. The average Bonchev–Trinajstić information content (AvgIpc) is 2.27. The first-order valence-corrected chi connectivity index (χ1v) is 7.67. The quantitative estimate of drug-likeness (QED) is 0.764. The lowest BCUT2D eigenvalue weighted by molar-refractivity contribution is 0.477. The van der Waals surface area contributed by atoms with E-state index in [1.807, 2.05) is 6.92 Å². The molecule has 1 aliphatic rings. The average molecular weight is 254 g/mol. The minimum atomic E-state index is -3.12. The number of alkyl halides is 1. The van der Waals surface area contributed by atoms with Crippen molar-refractivity contribution in [3.8, 4) is 0 Å². The van der Waals surface area contributed by atoms with E-state index in [-0.39, 0.29) is 10.6 Å². The smallest absolute Gasteiger partial charge is 0.214 e. The molecule has 5 heteroatoms. The van der Waals surface area contributed by atoms with Crippen LogP contribution < -0.4 is 4.72 Å². The molecule has 1 unspecified atom stereocenters. The summed E-state index contributed by atoms with van der Waals surface area (Å²) in [5, 5.41) is -0.282. The van der Waals surface area contributed by atoms with Crippen molar-refractivity contribution in [3.05, 3.63) is 0 Å². The van der Waals surface area contributed by atoms with E-state index >= 15 is 0 Å². The van der Waals surface area contributed by atoms with E-state index in [0.717, 1.165) is 32.1 Å². The first-order chi connectivity index (χ1) is 7.06. The third kappa shape index (κ3) is 4.29. The van der Waals surface area contributed by atoms with Crippen molar-refractivity contribution in [2.24, 2.45) is 0 Å². The monoisotopic (exact) mass is 253 g/mol. The molecule has 0 aromatic heterocycles. The standard InChI is InChI=1S/C10H20ClNO2S/c1-2-9(11)8-12-15(13,14)10-6-4-3-5-7-10/h9-10,12H,2-8H2,1H3. The summed E-state index contributed by atoms with van der Waals surface area (Å²) in [7, 11) is -3.12. The van der Waals surface area contributed by atoms with Gasteiger partial charge in [-0.1, -0.05) is 26.2 Å². The fraction of sp³-hybridized carbons (Fsp3) is 1.00. The van der Waals surface area contributed by atoms with Gasteiger partial charge in [-0.3, -0.25) is 0 Å². The molecular weight excluding hydrogens is 234 g/mol. The van der Waals surface area contributed by atoms with Gasteiger partial charge in [-0.2, -0.15) is 0 Å². The minimum Gasteiger partial charge on any atom is -0.214 e. The van der Waals surface area contributed by atoms with Crippen molar-refractivity contribution in [3.63, 3.8) is 0 Å². The molecule has 0 aliphatic heterocycles. The Morgan fingerprint density at radius 3 is 2.47 bits per heavy atom. The van der Waals surface area contributed by atoms with Crippen molar-refractivity contribution < 1.29 is 8.42 Å². The third-order valence-electron chi connectivity index (χ3n) is 2.94. The molecule has 0 saturated heterocycles. The first-order valence-electron chi connectivity index (χ1n) is 5.69. The molecule has 1 N–H and O–H groups in total. The van der Waals surface area contributed by atoms with E-state index in [9.17, 15) is 8.42 Å². The molecule has 1 fully saturated rings. The molecular formula is C10H20ClNO2S. The summed E-state index contributed by atoms with van der Waals surface area (Å²) in [4.78, 5) is 0. The largest absolute Gasteiger partial charge is 0.214 e. The molecule has 0 spiro atoms. The van der Waals surface area contributed by atoms with Crippen LogP contribution in [0, 0.1) is 0 Å². The molecule has 1 rings (SSSR count). The molecule has 0 aromatic carbocycles. The maximum atomic E-state index is 11.8. The highest BCUT2D eigenvalue weighted by Gasteiger charge is 2.26. The highest BCUT2D eigenvalue weighted by atomic mass is 35.5. The number of nitrogens with one attached hydrogen (secondary N) is 1. The van der Waals surface area contributed by atoms with Gasteiger partial charge in [0.05, 0.1) is 5.25 Å². The topological polar surface area (TPSA) is 46.2 Å². The SMILES string of the molecule is CCC(Cl)CNS(=O)(=O)C1CCCCC1. The second-order valence-electron chi connectivity index (χ2n) is 4.16. The Balaban J connectivity index is 2.43. The zero-order chi connectivity index (χ0) is 11.3. The van der Waals surface area contributed by atoms with Crippen LogP contribution in [-0.4, -0.2) is 25.6 Å². The molecule has 1 aliphatic carbocycles. The molecule has 0 aromatic rings. The Hall–Kier alpha value is 0.200. The molecule has 0 bridgehead atoms. The van der Waals surface area contributed by atoms with Crippen molar-refractivity contribution in [2.45, 2.75) is 56.1 Å². The van der Waals surface area contributed by atoms with Gasteiger partial charge in [-0.25, -0.2) is 13.1 Å². The van der Waals surface area contributed by atoms with Gasteiger partial charge in [0.25, 0.3) is 0 Å². The van der Waals surface area contributed by atoms with Gasteiger partial charge in [0.15, 0.2) is 0 Å². The molecule has 0 heterocycles. The summed E-state index contributed by atoms with van der Waals surface area (Å²) < 4.78 is 26.3. The van der Waals surface area contributed by atoms with Crippen LogP contribution in [0.4, 0.5) is 0 Å². The van der Waals surface area contributed by atoms with Crippen LogP contribution in [0.25, 0.3) is 0 Å². The summed E-state index contributed by atoms with van der Waals surface area (Å²) in [6.45, 7) is 2.31. The summed E-state index contributed by atoms with van der Waals surface area (Å²) in [6.07, 6.45) is 5.62. The van der Waals surface area contributed by atoms with E-state index in [4.69, 9.17) is 11.6 Å². The van der Waals surface area contributed by atoms with E-state index in [1.165, 1.54) is 6.42 Å². The second-order valence-corrected chi connectivity index (χ2v) is 6.82. The van der Waals surface area contributed by atoms with Crippen LogP contribution >= 0.6 is 11.6 Å². The van der Waals surface area contributed by atoms with Crippen LogP contribution in [0.15, 0.2) is 0 Å². The molecule has 3 nitrogen and oxygen atoms in total. The Bertz CT molecular complexity index is 273. The normalized spacial score (nSPS) is 21.5. The van der Waals surface area contributed by atoms with Crippen molar-refractivity contribution >= 4 is 21.6 Å². The van der Waals surface area contributed by atoms with Crippen molar-refractivity contribution in [1.82, 2.24) is 4.72 Å². The fourth-order valence-electron chi connectivity index (χ4n) is 1.84. The van der Waals surface area contributed by atoms with Gasteiger partial charge in [0, 0.05) is 11.9 Å². The van der Waals surface area contributed by atoms with Gasteiger partial charge < -0.3 is 0 Å². The van der Waals surface area contributed by atoms with E-state index < -0.39 is 10.0 Å². The zero-order valence-electron chi connectivity index (χ0n) is 9.21. The van der Waals surface area contributed by atoms with E-state index in [0.29, 0.717) is 6.54 Å². The van der Waals surface area contributed by atoms with Gasteiger partial charge in [-0.05, 0) is 19.3 Å². The lowest BCUT2D eigenvalue weighted by atomic mass is 10.0. The zero-order valence-corrected chi connectivity index (χ0v) is 10.8. The van der Waals surface area contributed by atoms with Gasteiger partial charge in [0.1, 0.15) is 0 Å². The Morgan fingerprint density at radius 2 is 1.93 bits per heavy atom. The summed E-state index contributed by atoms with van der Waals surface area (Å²) in [5.41, 5.74) is 0. The third-order valence-corrected chi connectivity index (χ3v) is 5.32. The maximum Gasteiger partial charge on any atom is 0.214 e. The molecule has 1 saturated carbocycles. The van der Waals surface area contributed by atoms with Gasteiger partial charge >= 0.3 is 0 Å².